The molecule has 0 bridgehead atoms. The van der Waals surface area contributed by atoms with Crippen molar-refractivity contribution in [3.8, 4) is 0 Å². The molecule has 2 atom stereocenters. The first-order chi connectivity index (χ1) is 15.4. The van der Waals surface area contributed by atoms with Crippen molar-refractivity contribution < 1.29 is 18.7 Å². The summed E-state index contributed by atoms with van der Waals surface area (Å²) < 4.78 is 19.6. The van der Waals surface area contributed by atoms with Crippen molar-refractivity contribution in [1.82, 2.24) is 9.80 Å². The minimum absolute atomic E-state index is 0.0614. The minimum Gasteiger partial charge on any atom is -0.466 e. The maximum atomic E-state index is 14.6. The Kier molecular flexibility index (Phi) is 9.32. The molecule has 1 aliphatic heterocycles. The van der Waals surface area contributed by atoms with Gasteiger partial charge in [0.15, 0.2) is 5.78 Å². The van der Waals surface area contributed by atoms with Crippen molar-refractivity contribution in [3.05, 3.63) is 47.3 Å². The maximum absolute atomic E-state index is 14.6. The summed E-state index contributed by atoms with van der Waals surface area (Å²) in [6, 6.07) is 6.12. The Morgan fingerprint density at radius 2 is 2.06 bits per heavy atom. The van der Waals surface area contributed by atoms with Crippen molar-refractivity contribution in [1.29, 1.82) is 0 Å². The molecule has 1 saturated carbocycles. The molecule has 1 aromatic rings. The van der Waals surface area contributed by atoms with E-state index >= 15 is 0 Å². The van der Waals surface area contributed by atoms with Gasteiger partial charge in [0.2, 0.25) is 0 Å². The van der Waals surface area contributed by atoms with Gasteiger partial charge in [0.25, 0.3) is 0 Å². The number of rotatable bonds is 11. The molecule has 0 aromatic heterocycles. The molecule has 0 spiro atoms. The second kappa shape index (κ2) is 12.0. The van der Waals surface area contributed by atoms with Crippen LogP contribution in [0.3, 0.4) is 0 Å². The summed E-state index contributed by atoms with van der Waals surface area (Å²) in [6.07, 6.45) is 5.99. The molecule has 7 heteroatoms. The van der Waals surface area contributed by atoms with Crippen LogP contribution in [-0.2, 0) is 14.3 Å². The van der Waals surface area contributed by atoms with Gasteiger partial charge in [-0.05, 0) is 57.8 Å². The topological polar surface area (TPSA) is 49.9 Å². The number of esters is 1. The zero-order valence-electron chi connectivity index (χ0n) is 19.1. The number of likely N-dealkylation sites (N-methyl/N-ethyl adjacent to an activating group) is 1. The number of piperidine rings is 1. The van der Waals surface area contributed by atoms with Gasteiger partial charge < -0.3 is 9.64 Å². The van der Waals surface area contributed by atoms with Crippen molar-refractivity contribution in [2.24, 2.45) is 5.92 Å². The molecule has 0 radical (unpaired) electrons. The Morgan fingerprint density at radius 3 is 2.75 bits per heavy atom. The fourth-order valence-corrected chi connectivity index (χ4v) is 4.52. The zero-order valence-corrected chi connectivity index (χ0v) is 20.0. The summed E-state index contributed by atoms with van der Waals surface area (Å²) >= 11 is 4.77. The van der Waals surface area contributed by atoms with Crippen LogP contribution in [0.4, 0.5) is 4.39 Å². The predicted molar refractivity (Wildman–Crippen MR) is 127 cm³/mol. The number of Topliss-reactive ketones (excluding diaryl/α,β-unsaturated/α-hetero) is 1. The first-order valence-electron chi connectivity index (χ1n) is 11.6. The molecule has 1 aliphatic carbocycles. The lowest BCUT2D eigenvalue weighted by molar-refractivity contribution is -0.143. The Hall–Kier alpha value is -1.70. The van der Waals surface area contributed by atoms with Gasteiger partial charge in [-0.2, -0.15) is 12.6 Å². The highest BCUT2D eigenvalue weighted by Crippen LogP contribution is 2.39. The summed E-state index contributed by atoms with van der Waals surface area (Å²) in [6.45, 7) is 5.09. The van der Waals surface area contributed by atoms with Crippen LogP contribution in [0.25, 0.3) is 0 Å². The second-order valence-electron chi connectivity index (χ2n) is 8.83. The monoisotopic (exact) mass is 462 g/mol. The Morgan fingerprint density at radius 1 is 1.31 bits per heavy atom. The van der Waals surface area contributed by atoms with Crippen LogP contribution in [0, 0.1) is 11.7 Å². The number of nitrogens with zero attached hydrogens (tertiary/aromatic N) is 2. The third-order valence-corrected chi connectivity index (χ3v) is 6.80. The molecular formula is C25H35FN2O3S. The minimum atomic E-state index is -0.532. The molecule has 1 saturated heterocycles. The second-order valence-corrected chi connectivity index (χ2v) is 9.45. The largest absolute Gasteiger partial charge is 0.466 e. The van der Waals surface area contributed by atoms with Crippen LogP contribution in [0.5, 0.6) is 0 Å². The van der Waals surface area contributed by atoms with Crippen LogP contribution in [-0.4, -0.2) is 66.6 Å². The molecule has 32 heavy (non-hydrogen) atoms. The normalized spacial score (nSPS) is 21.7. The molecule has 0 N–H and O–H groups in total. The number of halogens is 1. The van der Waals surface area contributed by atoms with E-state index in [0.29, 0.717) is 25.1 Å². The molecule has 5 nitrogen and oxygen atoms in total. The number of carbonyl (C=O) groups is 2. The van der Waals surface area contributed by atoms with Crippen LogP contribution in [0.1, 0.15) is 50.6 Å². The lowest BCUT2D eigenvalue weighted by Crippen LogP contribution is -2.43. The van der Waals surface area contributed by atoms with E-state index in [4.69, 9.17) is 17.4 Å². The molecule has 1 aromatic carbocycles. The summed E-state index contributed by atoms with van der Waals surface area (Å²) in [5.41, 5.74) is 1.65. The number of ketones is 1. The SMILES string of the molecule is CCOC(=O)CCCN(C)C/C=C1\CN(C(C(=O)C2CC2)c2ccccc2F)CCC1S. The number of likely N-dealkylation sites (tertiary alicyclic amines) is 1. The van der Waals surface area contributed by atoms with Crippen molar-refractivity contribution in [3.63, 3.8) is 0 Å². The van der Waals surface area contributed by atoms with E-state index in [2.05, 4.69) is 15.9 Å². The molecule has 0 amide bonds. The molecule has 2 aliphatic rings. The smallest absolute Gasteiger partial charge is 0.305 e. The highest BCUT2D eigenvalue weighted by Gasteiger charge is 2.40. The molecule has 1 heterocycles. The van der Waals surface area contributed by atoms with Gasteiger partial charge in [0, 0.05) is 42.8 Å². The van der Waals surface area contributed by atoms with Crippen LogP contribution >= 0.6 is 12.6 Å². The Bertz CT molecular complexity index is 827. The third-order valence-electron chi connectivity index (χ3n) is 6.21. The van der Waals surface area contributed by atoms with Gasteiger partial charge in [-0.1, -0.05) is 24.3 Å². The highest BCUT2D eigenvalue weighted by atomic mass is 32.1. The number of thiol groups is 1. The fraction of sp³-hybridized carbons (Fsp3) is 0.600. The fourth-order valence-electron chi connectivity index (χ4n) is 4.22. The van der Waals surface area contributed by atoms with E-state index in [0.717, 1.165) is 45.3 Å². The van der Waals surface area contributed by atoms with Gasteiger partial charge >= 0.3 is 5.97 Å². The van der Waals surface area contributed by atoms with E-state index in [9.17, 15) is 14.0 Å². The van der Waals surface area contributed by atoms with E-state index in [1.54, 1.807) is 18.2 Å². The predicted octanol–water partition coefficient (Wildman–Crippen LogP) is 4.05. The summed E-state index contributed by atoms with van der Waals surface area (Å²) in [4.78, 5) is 28.9. The van der Waals surface area contributed by atoms with Gasteiger partial charge in [-0.3, -0.25) is 14.5 Å². The van der Waals surface area contributed by atoms with E-state index in [1.807, 2.05) is 14.0 Å². The lowest BCUT2D eigenvalue weighted by Gasteiger charge is -2.38. The number of benzene rings is 1. The average Bonchev–Trinajstić information content (AvgIpc) is 3.61. The van der Waals surface area contributed by atoms with Gasteiger partial charge in [0.05, 0.1) is 12.6 Å². The number of hydrogen-bond acceptors (Lipinski definition) is 6. The third kappa shape index (κ3) is 6.90. The number of carbonyl (C=O) groups excluding carboxylic acids is 2. The van der Waals surface area contributed by atoms with Crippen LogP contribution in [0.15, 0.2) is 35.9 Å². The standard InChI is InChI=1S/C25H35FN2O3S/c1-3-31-23(29)9-6-14-27(2)15-12-19-17-28(16-13-22(19)32)24(25(30)18-10-11-18)20-7-4-5-8-21(20)26/h4-5,7-8,12,18,22,24,32H,3,6,9-11,13-17H2,1-2H3/b19-12+. The summed E-state index contributed by atoms with van der Waals surface area (Å²) in [5.74, 6) is -0.266. The number of hydrogen-bond donors (Lipinski definition) is 1. The molecule has 2 unspecified atom stereocenters. The maximum Gasteiger partial charge on any atom is 0.305 e. The quantitative estimate of drug-likeness (QED) is 0.305. The first-order valence-corrected chi connectivity index (χ1v) is 12.2. The Balaban J connectivity index is 1.64. The zero-order chi connectivity index (χ0) is 23.1. The first kappa shape index (κ1) is 24.9. The molecular weight excluding hydrogens is 427 g/mol. The highest BCUT2D eigenvalue weighted by molar-refractivity contribution is 7.81. The van der Waals surface area contributed by atoms with Crippen molar-refractivity contribution in [2.75, 3.05) is 39.8 Å². The van der Waals surface area contributed by atoms with Gasteiger partial charge in [0.1, 0.15) is 5.82 Å². The van der Waals surface area contributed by atoms with Crippen molar-refractivity contribution in [2.45, 2.75) is 50.3 Å². The lowest BCUT2D eigenvalue weighted by atomic mass is 9.93. The van der Waals surface area contributed by atoms with E-state index in [-0.39, 0.29) is 28.7 Å². The van der Waals surface area contributed by atoms with Crippen LogP contribution in [0.2, 0.25) is 0 Å². The van der Waals surface area contributed by atoms with Gasteiger partial charge in [-0.15, -0.1) is 0 Å². The summed E-state index contributed by atoms with van der Waals surface area (Å²) in [5, 5.41) is 0.136. The van der Waals surface area contributed by atoms with Crippen molar-refractivity contribution >= 4 is 24.4 Å². The average molecular weight is 463 g/mol. The molecule has 3 rings (SSSR count). The van der Waals surface area contributed by atoms with E-state index in [1.165, 1.54) is 11.6 Å². The molecule has 176 valence electrons. The van der Waals surface area contributed by atoms with Gasteiger partial charge in [-0.25, -0.2) is 4.39 Å². The number of ether oxygens (including phenoxy) is 1. The van der Waals surface area contributed by atoms with Crippen LogP contribution < -0.4 is 0 Å². The Labute approximate surface area is 196 Å². The van der Waals surface area contributed by atoms with E-state index < -0.39 is 6.04 Å². The molecule has 2 fully saturated rings. The summed E-state index contributed by atoms with van der Waals surface area (Å²) in [7, 11) is 2.02.